The first-order valence-corrected chi connectivity index (χ1v) is 7.85. The average molecular weight is 335 g/mol. The van der Waals surface area contributed by atoms with Gasteiger partial charge in [-0.05, 0) is 62.0 Å². The molecule has 3 nitrogen and oxygen atoms in total. The molecule has 0 heterocycles. The average Bonchev–Trinajstić information content (AvgIpc) is 2.49. The fourth-order valence-corrected chi connectivity index (χ4v) is 2.34. The number of benzene rings is 2. The van der Waals surface area contributed by atoms with E-state index in [1.165, 1.54) is 0 Å². The molecule has 5 heteroatoms. The highest BCUT2D eigenvalue weighted by Crippen LogP contribution is 2.16. The van der Waals surface area contributed by atoms with Gasteiger partial charge >= 0.3 is 0 Å². The number of para-hydroxylation sites is 1. The zero-order valence-corrected chi connectivity index (χ0v) is 14.2. The topological polar surface area (TPSA) is 33.3 Å². The molecule has 0 aromatic heterocycles. The number of aryl methyl sites for hydroxylation is 1. The summed E-state index contributed by atoms with van der Waals surface area (Å²) in [4.78, 5) is 0. The number of anilines is 1. The first-order chi connectivity index (χ1) is 10.5. The van der Waals surface area contributed by atoms with Crippen LogP contribution < -0.4 is 15.4 Å². The van der Waals surface area contributed by atoms with E-state index in [0.717, 1.165) is 17.0 Å². The molecule has 0 spiro atoms. The molecule has 2 N–H and O–H groups in total. The van der Waals surface area contributed by atoms with E-state index in [-0.39, 0.29) is 6.04 Å². The Kier molecular flexibility index (Phi) is 6.04. The quantitative estimate of drug-likeness (QED) is 0.794. The highest BCUT2D eigenvalue weighted by Gasteiger charge is 2.06. The van der Waals surface area contributed by atoms with E-state index >= 15 is 0 Å². The van der Waals surface area contributed by atoms with Crippen LogP contribution in [0.3, 0.4) is 0 Å². The minimum absolute atomic E-state index is 0.0897. The predicted molar refractivity (Wildman–Crippen MR) is 96.9 cm³/mol. The summed E-state index contributed by atoms with van der Waals surface area (Å²) >= 11 is 11.1. The van der Waals surface area contributed by atoms with Crippen molar-refractivity contribution in [2.75, 3.05) is 11.9 Å². The Morgan fingerprint density at radius 1 is 1.18 bits per heavy atom. The SMILES string of the molecule is Cc1ccccc1OC[C@@H](C)NC(=S)Nc1ccc(Cl)cc1. The summed E-state index contributed by atoms with van der Waals surface area (Å²) in [6.45, 7) is 4.58. The first kappa shape index (κ1) is 16.6. The molecule has 0 aliphatic rings. The first-order valence-electron chi connectivity index (χ1n) is 7.06. The smallest absolute Gasteiger partial charge is 0.171 e. The van der Waals surface area contributed by atoms with Gasteiger partial charge in [0.2, 0.25) is 0 Å². The van der Waals surface area contributed by atoms with Gasteiger partial charge in [-0.25, -0.2) is 0 Å². The monoisotopic (exact) mass is 334 g/mol. The Balaban J connectivity index is 1.79. The predicted octanol–water partition coefficient (Wildman–Crippen LogP) is 4.40. The van der Waals surface area contributed by atoms with Gasteiger partial charge < -0.3 is 15.4 Å². The van der Waals surface area contributed by atoms with Crippen molar-refractivity contribution in [1.29, 1.82) is 0 Å². The number of hydrogen-bond acceptors (Lipinski definition) is 2. The highest BCUT2D eigenvalue weighted by molar-refractivity contribution is 7.80. The van der Waals surface area contributed by atoms with E-state index in [4.69, 9.17) is 28.6 Å². The van der Waals surface area contributed by atoms with Gasteiger partial charge in [0.15, 0.2) is 5.11 Å². The van der Waals surface area contributed by atoms with Gasteiger partial charge in [-0.1, -0.05) is 29.8 Å². The van der Waals surface area contributed by atoms with Crippen LogP contribution in [0, 0.1) is 6.92 Å². The number of hydrogen-bond donors (Lipinski definition) is 2. The van der Waals surface area contributed by atoms with Crippen LogP contribution in [0.5, 0.6) is 5.75 Å². The highest BCUT2D eigenvalue weighted by atomic mass is 35.5. The Labute approximate surface area is 141 Å². The fourth-order valence-electron chi connectivity index (χ4n) is 1.90. The number of nitrogens with one attached hydrogen (secondary N) is 2. The zero-order valence-electron chi connectivity index (χ0n) is 12.6. The molecule has 0 saturated carbocycles. The van der Waals surface area contributed by atoms with E-state index in [1.54, 1.807) is 0 Å². The molecule has 116 valence electrons. The summed E-state index contributed by atoms with van der Waals surface area (Å²) in [5.41, 5.74) is 2.02. The molecule has 2 aromatic rings. The van der Waals surface area contributed by atoms with E-state index in [9.17, 15) is 0 Å². The molecule has 2 aromatic carbocycles. The molecule has 0 saturated heterocycles. The summed E-state index contributed by atoms with van der Waals surface area (Å²) < 4.78 is 5.80. The third-order valence-corrected chi connectivity index (χ3v) is 3.53. The van der Waals surface area contributed by atoms with Crippen LogP contribution in [0.2, 0.25) is 5.02 Å². The lowest BCUT2D eigenvalue weighted by Gasteiger charge is -2.18. The Bertz CT molecular complexity index is 631. The zero-order chi connectivity index (χ0) is 15.9. The van der Waals surface area contributed by atoms with E-state index in [2.05, 4.69) is 10.6 Å². The van der Waals surface area contributed by atoms with Gasteiger partial charge in [0.25, 0.3) is 0 Å². The molecule has 0 aliphatic carbocycles. The Morgan fingerprint density at radius 3 is 2.55 bits per heavy atom. The molecule has 0 amide bonds. The molecule has 0 bridgehead atoms. The summed E-state index contributed by atoms with van der Waals surface area (Å²) in [5, 5.41) is 7.57. The van der Waals surface area contributed by atoms with Crippen molar-refractivity contribution in [1.82, 2.24) is 5.32 Å². The van der Waals surface area contributed by atoms with Gasteiger partial charge in [0, 0.05) is 10.7 Å². The molecule has 0 unspecified atom stereocenters. The molecule has 22 heavy (non-hydrogen) atoms. The van der Waals surface area contributed by atoms with Gasteiger partial charge in [-0.3, -0.25) is 0 Å². The second kappa shape index (κ2) is 8.01. The molecule has 0 aliphatic heterocycles. The molecular formula is C17H19ClN2OS. The molecule has 1 atom stereocenters. The second-order valence-corrected chi connectivity index (χ2v) is 5.93. The molecular weight excluding hydrogens is 316 g/mol. The number of ether oxygens (including phenoxy) is 1. The van der Waals surface area contributed by atoms with E-state index in [0.29, 0.717) is 16.7 Å². The molecule has 2 rings (SSSR count). The van der Waals surface area contributed by atoms with Crippen molar-refractivity contribution in [3.8, 4) is 5.75 Å². The van der Waals surface area contributed by atoms with Gasteiger partial charge in [-0.2, -0.15) is 0 Å². The summed E-state index contributed by atoms with van der Waals surface area (Å²) in [7, 11) is 0. The summed E-state index contributed by atoms with van der Waals surface area (Å²) in [6.07, 6.45) is 0. The van der Waals surface area contributed by atoms with Crippen molar-refractivity contribution in [2.24, 2.45) is 0 Å². The maximum atomic E-state index is 5.85. The number of rotatable bonds is 5. The van der Waals surface area contributed by atoms with Crippen LogP contribution >= 0.6 is 23.8 Å². The van der Waals surface area contributed by atoms with Gasteiger partial charge in [-0.15, -0.1) is 0 Å². The third-order valence-electron chi connectivity index (χ3n) is 3.06. The van der Waals surface area contributed by atoms with E-state index < -0.39 is 0 Å². The van der Waals surface area contributed by atoms with Crippen molar-refractivity contribution in [3.05, 3.63) is 59.1 Å². The number of thiocarbonyl (C=S) groups is 1. The maximum Gasteiger partial charge on any atom is 0.171 e. The third kappa shape index (κ3) is 5.20. The van der Waals surface area contributed by atoms with Crippen LogP contribution in [-0.4, -0.2) is 17.8 Å². The minimum Gasteiger partial charge on any atom is -0.491 e. The van der Waals surface area contributed by atoms with Crippen LogP contribution in [0.1, 0.15) is 12.5 Å². The lowest BCUT2D eigenvalue weighted by molar-refractivity contribution is 0.285. The summed E-state index contributed by atoms with van der Waals surface area (Å²) in [5.74, 6) is 0.896. The minimum atomic E-state index is 0.0897. The Morgan fingerprint density at radius 2 is 1.86 bits per heavy atom. The maximum absolute atomic E-state index is 5.85. The van der Waals surface area contributed by atoms with Gasteiger partial charge in [0.05, 0.1) is 6.04 Å². The lowest BCUT2D eigenvalue weighted by Crippen LogP contribution is -2.39. The van der Waals surface area contributed by atoms with Crippen molar-refractivity contribution < 1.29 is 4.74 Å². The lowest BCUT2D eigenvalue weighted by atomic mass is 10.2. The molecule has 0 fully saturated rings. The summed E-state index contributed by atoms with van der Waals surface area (Å²) in [6, 6.07) is 15.4. The standard InChI is InChI=1S/C17H19ClN2OS/c1-12-5-3-4-6-16(12)21-11-13(2)19-17(22)20-15-9-7-14(18)8-10-15/h3-10,13H,11H2,1-2H3,(H2,19,20,22)/t13-/m1/s1. The van der Waals surface area contributed by atoms with Crippen LogP contribution in [0.25, 0.3) is 0 Å². The van der Waals surface area contributed by atoms with Crippen molar-refractivity contribution in [2.45, 2.75) is 19.9 Å². The van der Waals surface area contributed by atoms with Crippen LogP contribution in [-0.2, 0) is 0 Å². The van der Waals surface area contributed by atoms with Gasteiger partial charge in [0.1, 0.15) is 12.4 Å². The van der Waals surface area contributed by atoms with Crippen molar-refractivity contribution >= 4 is 34.6 Å². The number of halogens is 1. The fraction of sp³-hybridized carbons (Fsp3) is 0.235. The normalized spacial score (nSPS) is 11.6. The molecule has 0 radical (unpaired) electrons. The van der Waals surface area contributed by atoms with Crippen LogP contribution in [0.15, 0.2) is 48.5 Å². The van der Waals surface area contributed by atoms with Crippen molar-refractivity contribution in [3.63, 3.8) is 0 Å². The second-order valence-electron chi connectivity index (χ2n) is 5.08. The largest absolute Gasteiger partial charge is 0.491 e. The van der Waals surface area contributed by atoms with Crippen LogP contribution in [0.4, 0.5) is 5.69 Å². The van der Waals surface area contributed by atoms with E-state index in [1.807, 2.05) is 62.4 Å². The Hall–Kier alpha value is -1.78.